The normalized spacial score (nSPS) is 11.9. The Bertz CT molecular complexity index is 876. The number of benzene rings is 2. The van der Waals surface area contributed by atoms with Crippen LogP contribution in [0.3, 0.4) is 0 Å². The molecule has 0 saturated heterocycles. The zero-order valence-electron chi connectivity index (χ0n) is 20.7. The molecule has 7 nitrogen and oxygen atoms in total. The van der Waals surface area contributed by atoms with Crippen LogP contribution in [-0.2, 0) is 14.1 Å². The fourth-order valence-electron chi connectivity index (χ4n) is 3.61. The van der Waals surface area contributed by atoms with E-state index in [9.17, 15) is 9.59 Å². The van der Waals surface area contributed by atoms with Gasteiger partial charge in [0.2, 0.25) is 0 Å². The molecule has 0 aliphatic heterocycles. The minimum atomic E-state index is -1.13. The molecule has 0 bridgehead atoms. The molecule has 186 valence electrons. The molecule has 0 amide bonds. The highest BCUT2D eigenvalue weighted by Gasteiger charge is 2.35. The molecule has 0 aliphatic carbocycles. The van der Waals surface area contributed by atoms with E-state index in [4.69, 9.17) is 23.5 Å². The Morgan fingerprint density at radius 2 is 1.50 bits per heavy atom. The van der Waals surface area contributed by atoms with E-state index in [0.717, 1.165) is 25.7 Å². The lowest BCUT2D eigenvalue weighted by Gasteiger charge is -2.21. The minimum absolute atomic E-state index is 0.180. The number of esters is 1. The second-order valence-electron chi connectivity index (χ2n) is 7.66. The fourth-order valence-corrected chi connectivity index (χ4v) is 3.61. The summed E-state index contributed by atoms with van der Waals surface area (Å²) >= 11 is 0. The molecule has 2 aromatic rings. The van der Waals surface area contributed by atoms with Gasteiger partial charge in [-0.05, 0) is 17.9 Å². The molecule has 3 unspecified atom stereocenters. The first-order valence-electron chi connectivity index (χ1n) is 11.3. The maximum absolute atomic E-state index is 13.7. The van der Waals surface area contributed by atoms with Crippen molar-refractivity contribution in [2.24, 2.45) is 5.92 Å². The average molecular weight is 492 g/mol. The Hall–Kier alpha value is -2.92. The monoisotopic (exact) mass is 491 g/mol. The van der Waals surface area contributed by atoms with Crippen molar-refractivity contribution in [1.82, 2.24) is 0 Å². The van der Waals surface area contributed by atoms with E-state index < -0.39 is 17.7 Å². The van der Waals surface area contributed by atoms with Crippen molar-refractivity contribution in [1.29, 1.82) is 0 Å². The molecule has 3 atom stereocenters. The van der Waals surface area contributed by atoms with Gasteiger partial charge in [-0.2, -0.15) is 0 Å². The van der Waals surface area contributed by atoms with E-state index in [1.807, 2.05) is 6.07 Å². The molecule has 2 aromatic carbocycles. The maximum Gasteiger partial charge on any atom is 0.321 e. The molecular formula is C26H36O7P+. The third kappa shape index (κ3) is 7.84. The van der Waals surface area contributed by atoms with Gasteiger partial charge in [0.15, 0.2) is 5.78 Å². The van der Waals surface area contributed by atoms with E-state index in [2.05, 4.69) is 13.8 Å². The first-order chi connectivity index (χ1) is 16.5. The van der Waals surface area contributed by atoms with E-state index in [1.165, 1.54) is 30.4 Å². The fraction of sp³-hybridized carbons (Fsp3) is 0.462. The smallest absolute Gasteiger partial charge is 0.321 e. The van der Waals surface area contributed by atoms with E-state index in [0.29, 0.717) is 17.9 Å². The molecular weight excluding hydrogens is 455 g/mol. The number of unbranched alkanes of at least 4 members (excludes halogenated alkanes) is 1. The van der Waals surface area contributed by atoms with Crippen LogP contribution in [-0.4, -0.2) is 39.7 Å². The van der Waals surface area contributed by atoms with Gasteiger partial charge >= 0.3 is 15.1 Å². The highest BCUT2D eigenvalue weighted by atomic mass is 31.0. The number of ether oxygens (including phenoxy) is 4. The number of ketones is 1. The van der Waals surface area contributed by atoms with Crippen molar-refractivity contribution in [2.45, 2.75) is 45.4 Å². The van der Waals surface area contributed by atoms with Crippen molar-refractivity contribution in [2.75, 3.05) is 27.9 Å². The molecule has 0 N–H and O–H groups in total. The van der Waals surface area contributed by atoms with E-state index in [-0.39, 0.29) is 23.0 Å². The van der Waals surface area contributed by atoms with Crippen LogP contribution in [0.15, 0.2) is 42.5 Å². The van der Waals surface area contributed by atoms with Gasteiger partial charge in [0.25, 0.3) is 0 Å². The third-order valence-electron chi connectivity index (χ3n) is 5.60. The largest absolute Gasteiger partial charge is 0.496 e. The Labute approximate surface area is 204 Å². The Morgan fingerprint density at radius 3 is 1.97 bits per heavy atom. The Morgan fingerprint density at radius 1 is 0.912 bits per heavy atom. The molecule has 0 aliphatic rings. The lowest BCUT2D eigenvalue weighted by molar-refractivity contribution is -0.145. The van der Waals surface area contributed by atoms with Crippen molar-refractivity contribution in [3.05, 3.63) is 53.6 Å². The number of carbonyl (C=O) groups is 2. The quantitative estimate of drug-likeness (QED) is 0.155. The lowest BCUT2D eigenvalue weighted by Crippen LogP contribution is -2.27. The van der Waals surface area contributed by atoms with E-state index >= 15 is 0 Å². The number of rotatable bonds is 13. The minimum Gasteiger partial charge on any atom is -0.496 e. The number of Topliss-reactive ketones (excluding diaryl/α,β-unsaturated/α-hetero) is 1. The van der Waals surface area contributed by atoms with Crippen LogP contribution in [0.1, 0.15) is 61.4 Å². The zero-order chi connectivity index (χ0) is 25.5. The Kier molecular flexibility index (Phi) is 13.6. The number of methoxy groups -OCH3 is 3. The summed E-state index contributed by atoms with van der Waals surface area (Å²) in [5.41, 5.74) is 0.739. The molecule has 0 aromatic heterocycles. The molecule has 34 heavy (non-hydrogen) atoms. The van der Waals surface area contributed by atoms with Gasteiger partial charge in [0.1, 0.15) is 28.7 Å². The lowest BCUT2D eigenvalue weighted by atomic mass is 9.89. The maximum atomic E-state index is 13.7. The summed E-state index contributed by atoms with van der Waals surface area (Å²) in [6, 6.07) is 12.1. The van der Waals surface area contributed by atoms with Gasteiger partial charge in [-0.3, -0.25) is 9.59 Å². The third-order valence-corrected chi connectivity index (χ3v) is 5.60. The SMILES string of the molecule is CCCCC(CC)COC(=O)C(C(=O)c1c(OC)cc(OC)cc1OC)c1ccccc1.O=[PH2+]. The summed E-state index contributed by atoms with van der Waals surface area (Å²) < 4.78 is 30.0. The second kappa shape index (κ2) is 15.8. The van der Waals surface area contributed by atoms with Gasteiger partial charge in [0.05, 0.1) is 27.9 Å². The van der Waals surface area contributed by atoms with Gasteiger partial charge in [0, 0.05) is 12.1 Å². The van der Waals surface area contributed by atoms with Crippen LogP contribution in [0.5, 0.6) is 17.2 Å². The molecule has 0 heterocycles. The van der Waals surface area contributed by atoms with Gasteiger partial charge in [-0.25, -0.2) is 0 Å². The van der Waals surface area contributed by atoms with Gasteiger partial charge in [-0.1, -0.05) is 68.0 Å². The molecule has 0 fully saturated rings. The molecule has 0 spiro atoms. The molecule has 8 heteroatoms. The van der Waals surface area contributed by atoms with Crippen LogP contribution in [0.25, 0.3) is 0 Å². The number of hydrogen-bond donors (Lipinski definition) is 0. The van der Waals surface area contributed by atoms with Gasteiger partial charge < -0.3 is 18.9 Å². The summed E-state index contributed by atoms with van der Waals surface area (Å²) in [6.45, 7) is 4.52. The van der Waals surface area contributed by atoms with Crippen LogP contribution < -0.4 is 14.2 Å². The summed E-state index contributed by atoms with van der Waals surface area (Å²) in [5.74, 6) is -0.846. The highest BCUT2D eigenvalue weighted by Crippen LogP contribution is 2.38. The van der Waals surface area contributed by atoms with Crippen molar-refractivity contribution in [3.63, 3.8) is 0 Å². The number of carbonyl (C=O) groups excluding carboxylic acids is 2. The number of hydrogen-bond acceptors (Lipinski definition) is 7. The first kappa shape index (κ1) is 29.1. The topological polar surface area (TPSA) is 88.1 Å². The average Bonchev–Trinajstić information content (AvgIpc) is 2.89. The van der Waals surface area contributed by atoms with Crippen LogP contribution in [0, 0.1) is 5.92 Å². The van der Waals surface area contributed by atoms with E-state index in [1.54, 1.807) is 36.4 Å². The van der Waals surface area contributed by atoms with Crippen molar-refractivity contribution >= 4 is 20.9 Å². The van der Waals surface area contributed by atoms with Crippen LogP contribution in [0.2, 0.25) is 0 Å². The predicted molar refractivity (Wildman–Crippen MR) is 134 cm³/mol. The summed E-state index contributed by atoms with van der Waals surface area (Å²) in [7, 11) is 5.60. The summed E-state index contributed by atoms with van der Waals surface area (Å²) in [4.78, 5) is 27.0. The van der Waals surface area contributed by atoms with Gasteiger partial charge in [-0.15, -0.1) is 0 Å². The van der Waals surface area contributed by atoms with Crippen molar-refractivity contribution in [3.8, 4) is 17.2 Å². The van der Waals surface area contributed by atoms with Crippen LogP contribution in [0.4, 0.5) is 0 Å². The molecule has 0 radical (unpaired) electrons. The summed E-state index contributed by atoms with van der Waals surface area (Å²) in [5, 5.41) is 0. The predicted octanol–water partition coefficient (Wildman–Crippen LogP) is 5.65. The molecule has 2 rings (SSSR count). The second-order valence-corrected chi connectivity index (χ2v) is 7.66. The Balaban J connectivity index is 0.00000281. The van der Waals surface area contributed by atoms with Crippen molar-refractivity contribution < 1.29 is 33.1 Å². The van der Waals surface area contributed by atoms with Crippen LogP contribution >= 0.6 is 9.12 Å². The highest BCUT2D eigenvalue weighted by molar-refractivity contribution is 7.00. The standard InChI is InChI=1S/C26H34O6.H2OP/c1-6-8-12-18(7-2)17-32-26(28)23(19-13-10-9-11-14-19)25(27)24-21(30-4)15-20(29-3)16-22(24)31-5;1-2/h9-11,13-16,18,23H,6-8,12,17H2,1-5H3;2H2/q;+1. The zero-order valence-corrected chi connectivity index (χ0v) is 21.8. The summed E-state index contributed by atoms with van der Waals surface area (Å²) in [6.07, 6.45) is 4.08. The first-order valence-corrected chi connectivity index (χ1v) is 11.8. The molecule has 0 saturated carbocycles.